The number of hydrogen-bond acceptors (Lipinski definition) is 4. The molecule has 0 aromatic carbocycles. The Morgan fingerprint density at radius 2 is 2.35 bits per heavy atom. The van der Waals surface area contributed by atoms with Crippen LogP contribution in [0, 0.1) is 0 Å². The molecule has 20 heavy (non-hydrogen) atoms. The van der Waals surface area contributed by atoms with Crippen LogP contribution in [0.1, 0.15) is 30.5 Å². The van der Waals surface area contributed by atoms with Gasteiger partial charge in [-0.05, 0) is 26.4 Å². The molecule has 112 valence electrons. The second-order valence-corrected chi connectivity index (χ2v) is 6.52. The maximum Gasteiger partial charge on any atom is 0.229 e. The molecule has 0 spiro atoms. The highest BCUT2D eigenvalue weighted by molar-refractivity contribution is 7.09. The number of hydrogen-bond donors (Lipinski definition) is 0. The van der Waals surface area contributed by atoms with Crippen LogP contribution in [0.3, 0.4) is 0 Å². The summed E-state index contributed by atoms with van der Waals surface area (Å²) < 4.78 is 0. The Balaban J connectivity index is 2.02. The maximum atomic E-state index is 12.5. The van der Waals surface area contributed by atoms with Crippen molar-refractivity contribution in [2.24, 2.45) is 0 Å². The van der Waals surface area contributed by atoms with Crippen molar-refractivity contribution in [1.29, 1.82) is 0 Å². The Morgan fingerprint density at radius 1 is 1.55 bits per heavy atom. The van der Waals surface area contributed by atoms with Crippen molar-refractivity contribution < 1.29 is 4.79 Å². The molecule has 1 atom stereocenters. The molecule has 1 aliphatic heterocycles. The summed E-state index contributed by atoms with van der Waals surface area (Å²) in [7, 11) is 2.13. The van der Waals surface area contributed by atoms with Gasteiger partial charge in [0.15, 0.2) is 0 Å². The predicted molar refractivity (Wildman–Crippen MR) is 83.3 cm³/mol. The Bertz CT molecular complexity index is 451. The van der Waals surface area contributed by atoms with Crippen LogP contribution in [0.4, 0.5) is 0 Å². The largest absolute Gasteiger partial charge is 0.338 e. The second kappa shape index (κ2) is 7.38. The fourth-order valence-corrected chi connectivity index (χ4v) is 3.66. The lowest BCUT2D eigenvalue weighted by Crippen LogP contribution is -2.44. The van der Waals surface area contributed by atoms with Crippen molar-refractivity contribution in [3.63, 3.8) is 0 Å². The number of carbonyl (C=O) groups is 1. The molecule has 1 saturated heterocycles. The molecule has 4 nitrogen and oxygen atoms in total. The summed E-state index contributed by atoms with van der Waals surface area (Å²) in [6, 6.07) is 0.322. The molecule has 2 heterocycles. The van der Waals surface area contributed by atoms with E-state index in [2.05, 4.69) is 23.9 Å². The molecule has 1 aliphatic rings. The van der Waals surface area contributed by atoms with Crippen LogP contribution in [0.2, 0.25) is 0 Å². The number of likely N-dealkylation sites (N-methyl/N-ethyl adjacent to an activating group) is 1. The smallest absolute Gasteiger partial charge is 0.229 e. The van der Waals surface area contributed by atoms with E-state index in [1.165, 1.54) is 11.3 Å². The Labute approximate surface area is 129 Å². The van der Waals surface area contributed by atoms with E-state index >= 15 is 0 Å². The summed E-state index contributed by atoms with van der Waals surface area (Å²) in [5, 5.41) is 2.81. The molecule has 1 aromatic rings. The van der Waals surface area contributed by atoms with Crippen LogP contribution in [-0.4, -0.2) is 53.4 Å². The van der Waals surface area contributed by atoms with Gasteiger partial charge in [-0.15, -0.1) is 22.9 Å². The number of aromatic nitrogens is 1. The summed E-state index contributed by atoms with van der Waals surface area (Å²) in [5.74, 6) is 0.610. The molecule has 0 saturated carbocycles. The van der Waals surface area contributed by atoms with E-state index in [-0.39, 0.29) is 5.91 Å². The molecular weight excluding hydrogens is 294 g/mol. The lowest BCUT2D eigenvalue weighted by molar-refractivity contribution is -0.132. The van der Waals surface area contributed by atoms with E-state index in [0.717, 1.165) is 43.2 Å². The molecule has 6 heteroatoms. The normalized spacial score (nSPS) is 20.9. The molecule has 2 rings (SSSR count). The van der Waals surface area contributed by atoms with E-state index < -0.39 is 0 Å². The summed E-state index contributed by atoms with van der Waals surface area (Å²) in [6.45, 7) is 5.04. The fourth-order valence-electron chi connectivity index (χ4n) is 2.64. The standard InChI is InChI=1S/C14H22ClN3OS/c1-3-12-9-17(2)5-4-6-18(12)14(19)7-13-16-11(8-15)10-20-13/h10,12H,3-9H2,1-2H3. The van der Waals surface area contributed by atoms with Gasteiger partial charge in [-0.1, -0.05) is 6.92 Å². The van der Waals surface area contributed by atoms with Crippen molar-refractivity contribution in [1.82, 2.24) is 14.8 Å². The number of carbonyl (C=O) groups excluding carboxylic acids is 1. The molecule has 1 unspecified atom stereocenters. The van der Waals surface area contributed by atoms with Gasteiger partial charge in [-0.3, -0.25) is 4.79 Å². The third kappa shape index (κ3) is 3.93. The van der Waals surface area contributed by atoms with Crippen molar-refractivity contribution in [2.45, 2.75) is 38.1 Å². The van der Waals surface area contributed by atoms with Crippen molar-refractivity contribution in [2.75, 3.05) is 26.7 Å². The molecule has 0 N–H and O–H groups in total. The minimum atomic E-state index is 0.197. The van der Waals surface area contributed by atoms with Gasteiger partial charge in [0.1, 0.15) is 5.01 Å². The predicted octanol–water partition coefficient (Wildman–Crippen LogP) is 2.37. The highest BCUT2D eigenvalue weighted by Crippen LogP contribution is 2.17. The lowest BCUT2D eigenvalue weighted by Gasteiger charge is -2.30. The van der Waals surface area contributed by atoms with Crippen LogP contribution >= 0.6 is 22.9 Å². The first-order chi connectivity index (χ1) is 9.63. The van der Waals surface area contributed by atoms with Gasteiger partial charge < -0.3 is 9.80 Å². The average Bonchev–Trinajstić information content (AvgIpc) is 2.79. The van der Waals surface area contributed by atoms with Gasteiger partial charge in [0.2, 0.25) is 5.91 Å². The first-order valence-corrected chi connectivity index (χ1v) is 8.52. The first kappa shape index (κ1) is 15.7. The molecule has 1 amide bonds. The van der Waals surface area contributed by atoms with Crippen molar-refractivity contribution in [3.8, 4) is 0 Å². The van der Waals surface area contributed by atoms with E-state index in [9.17, 15) is 4.79 Å². The summed E-state index contributed by atoms with van der Waals surface area (Å²) in [6.07, 6.45) is 2.45. The van der Waals surface area contributed by atoms with Crippen LogP contribution in [0.25, 0.3) is 0 Å². The minimum absolute atomic E-state index is 0.197. The van der Waals surface area contributed by atoms with Gasteiger partial charge >= 0.3 is 0 Å². The number of alkyl halides is 1. The van der Waals surface area contributed by atoms with Gasteiger partial charge in [0, 0.05) is 24.5 Å². The van der Waals surface area contributed by atoms with Gasteiger partial charge in [-0.2, -0.15) is 0 Å². The molecular formula is C14H22ClN3OS. The lowest BCUT2D eigenvalue weighted by atomic mass is 10.1. The Morgan fingerprint density at radius 3 is 3.00 bits per heavy atom. The summed E-state index contributed by atoms with van der Waals surface area (Å²) in [4.78, 5) is 21.3. The average molecular weight is 316 g/mol. The van der Waals surface area contributed by atoms with Gasteiger partial charge in [0.05, 0.1) is 18.0 Å². The monoisotopic (exact) mass is 315 g/mol. The van der Waals surface area contributed by atoms with E-state index in [0.29, 0.717) is 18.3 Å². The quantitative estimate of drug-likeness (QED) is 0.800. The van der Waals surface area contributed by atoms with Crippen molar-refractivity contribution >= 4 is 28.8 Å². The number of amides is 1. The molecule has 1 fully saturated rings. The third-order valence-electron chi connectivity index (χ3n) is 3.73. The van der Waals surface area contributed by atoms with Gasteiger partial charge in [0.25, 0.3) is 0 Å². The third-order valence-corrected chi connectivity index (χ3v) is 4.90. The zero-order valence-corrected chi connectivity index (χ0v) is 13.7. The topological polar surface area (TPSA) is 36.4 Å². The van der Waals surface area contributed by atoms with Crippen LogP contribution in [-0.2, 0) is 17.1 Å². The molecule has 0 aliphatic carbocycles. The zero-order valence-electron chi connectivity index (χ0n) is 12.1. The summed E-state index contributed by atoms with van der Waals surface area (Å²) in [5.41, 5.74) is 0.863. The molecule has 0 bridgehead atoms. The number of halogens is 1. The highest BCUT2D eigenvalue weighted by atomic mass is 35.5. The zero-order chi connectivity index (χ0) is 14.5. The van der Waals surface area contributed by atoms with Crippen molar-refractivity contribution in [3.05, 3.63) is 16.1 Å². The van der Waals surface area contributed by atoms with Crippen LogP contribution in [0.15, 0.2) is 5.38 Å². The summed E-state index contributed by atoms with van der Waals surface area (Å²) >= 11 is 7.28. The van der Waals surface area contributed by atoms with Crippen LogP contribution < -0.4 is 0 Å². The van der Waals surface area contributed by atoms with E-state index in [1.807, 2.05) is 10.3 Å². The number of nitrogens with zero attached hydrogens (tertiary/aromatic N) is 3. The Kier molecular flexibility index (Phi) is 5.81. The fraction of sp³-hybridized carbons (Fsp3) is 0.714. The first-order valence-electron chi connectivity index (χ1n) is 7.11. The maximum absolute atomic E-state index is 12.5. The molecule has 1 aromatic heterocycles. The number of rotatable bonds is 4. The Hall–Kier alpha value is -0.650. The SMILES string of the molecule is CCC1CN(C)CCCN1C(=O)Cc1nc(CCl)cs1. The number of thiazole rings is 1. The van der Waals surface area contributed by atoms with Gasteiger partial charge in [-0.25, -0.2) is 4.98 Å². The van der Waals surface area contributed by atoms with E-state index in [4.69, 9.17) is 11.6 Å². The van der Waals surface area contributed by atoms with E-state index in [1.54, 1.807) is 0 Å². The minimum Gasteiger partial charge on any atom is -0.338 e. The highest BCUT2D eigenvalue weighted by Gasteiger charge is 2.26. The second-order valence-electron chi connectivity index (χ2n) is 5.31. The molecule has 0 radical (unpaired) electrons. The van der Waals surface area contributed by atoms with Crippen LogP contribution in [0.5, 0.6) is 0 Å².